The lowest BCUT2D eigenvalue weighted by Gasteiger charge is -2.29. The van der Waals surface area contributed by atoms with Crippen molar-refractivity contribution in [1.29, 1.82) is 5.26 Å². The van der Waals surface area contributed by atoms with Gasteiger partial charge in [0.15, 0.2) is 11.6 Å². The second-order valence-corrected chi connectivity index (χ2v) is 4.50. The molecule has 1 aliphatic rings. The maximum atomic E-state index is 13.2. The van der Waals surface area contributed by atoms with E-state index in [1.165, 1.54) is 6.07 Å². The standard InChI is InChI=1S/C13H14F2N2O/c1-17-4-2-10(3-5-17)18-11-6-9(8-16)13(15)12(14)7-11/h6-7,10H,2-5H2,1H3. The molecule has 0 aliphatic carbocycles. The summed E-state index contributed by atoms with van der Waals surface area (Å²) in [6, 6.07) is 3.86. The van der Waals surface area contributed by atoms with Crippen LogP contribution in [-0.4, -0.2) is 31.1 Å². The molecule has 0 unspecified atom stereocenters. The molecule has 0 amide bonds. The van der Waals surface area contributed by atoms with Gasteiger partial charge in [-0.05, 0) is 19.9 Å². The van der Waals surface area contributed by atoms with Gasteiger partial charge in [0.25, 0.3) is 0 Å². The first-order valence-electron chi connectivity index (χ1n) is 5.84. The second kappa shape index (κ2) is 5.32. The Morgan fingerprint density at radius 2 is 2.00 bits per heavy atom. The molecule has 1 saturated heterocycles. The van der Waals surface area contributed by atoms with Gasteiger partial charge in [-0.25, -0.2) is 8.78 Å². The Labute approximate surface area is 105 Å². The van der Waals surface area contributed by atoms with Crippen LogP contribution in [0.5, 0.6) is 5.75 Å². The summed E-state index contributed by atoms with van der Waals surface area (Å²) in [5.74, 6) is -1.94. The normalized spacial score (nSPS) is 17.4. The third-order valence-corrected chi connectivity index (χ3v) is 3.09. The molecule has 96 valence electrons. The summed E-state index contributed by atoms with van der Waals surface area (Å²) in [7, 11) is 2.03. The van der Waals surface area contributed by atoms with Crippen LogP contribution in [0.4, 0.5) is 8.78 Å². The fourth-order valence-corrected chi connectivity index (χ4v) is 2.01. The molecule has 0 atom stereocenters. The molecular weight excluding hydrogens is 238 g/mol. The van der Waals surface area contributed by atoms with Gasteiger partial charge in [-0.2, -0.15) is 5.26 Å². The topological polar surface area (TPSA) is 36.3 Å². The number of rotatable bonds is 2. The number of ether oxygens (including phenoxy) is 1. The first-order valence-corrected chi connectivity index (χ1v) is 5.84. The Hall–Kier alpha value is -1.67. The van der Waals surface area contributed by atoms with Crippen molar-refractivity contribution in [2.45, 2.75) is 18.9 Å². The third kappa shape index (κ3) is 2.77. The first-order chi connectivity index (χ1) is 8.60. The largest absolute Gasteiger partial charge is 0.490 e. The van der Waals surface area contributed by atoms with E-state index in [4.69, 9.17) is 10.00 Å². The molecule has 1 fully saturated rings. The molecule has 0 spiro atoms. The lowest BCUT2D eigenvalue weighted by Crippen LogP contribution is -2.35. The maximum absolute atomic E-state index is 13.2. The number of hydrogen-bond acceptors (Lipinski definition) is 3. The van der Waals surface area contributed by atoms with Gasteiger partial charge in [-0.1, -0.05) is 0 Å². The molecule has 18 heavy (non-hydrogen) atoms. The molecule has 1 aliphatic heterocycles. The van der Waals surface area contributed by atoms with E-state index >= 15 is 0 Å². The van der Waals surface area contributed by atoms with Crippen molar-refractivity contribution in [3.8, 4) is 11.8 Å². The van der Waals surface area contributed by atoms with Crippen molar-refractivity contribution in [1.82, 2.24) is 4.90 Å². The summed E-state index contributed by atoms with van der Waals surface area (Å²) in [6.45, 7) is 1.83. The lowest BCUT2D eigenvalue weighted by atomic mass is 10.1. The van der Waals surface area contributed by atoms with E-state index in [9.17, 15) is 8.78 Å². The van der Waals surface area contributed by atoms with Crippen LogP contribution >= 0.6 is 0 Å². The van der Waals surface area contributed by atoms with E-state index in [-0.39, 0.29) is 17.4 Å². The number of hydrogen-bond donors (Lipinski definition) is 0. The molecule has 1 aromatic rings. The highest BCUT2D eigenvalue weighted by Gasteiger charge is 2.19. The van der Waals surface area contributed by atoms with Crippen molar-refractivity contribution in [2.75, 3.05) is 20.1 Å². The van der Waals surface area contributed by atoms with Crippen LogP contribution in [0.2, 0.25) is 0 Å². The van der Waals surface area contributed by atoms with Crippen LogP contribution in [0.15, 0.2) is 12.1 Å². The Morgan fingerprint density at radius 1 is 1.33 bits per heavy atom. The summed E-state index contributed by atoms with van der Waals surface area (Å²) in [5, 5.41) is 8.69. The van der Waals surface area contributed by atoms with Gasteiger partial charge in [0, 0.05) is 25.2 Å². The van der Waals surface area contributed by atoms with Crippen LogP contribution in [0, 0.1) is 23.0 Å². The SMILES string of the molecule is CN1CCC(Oc2cc(F)c(F)c(C#N)c2)CC1. The second-order valence-electron chi connectivity index (χ2n) is 4.50. The van der Waals surface area contributed by atoms with Gasteiger partial charge in [0.2, 0.25) is 0 Å². The van der Waals surface area contributed by atoms with Crippen LogP contribution in [-0.2, 0) is 0 Å². The summed E-state index contributed by atoms with van der Waals surface area (Å²) in [4.78, 5) is 2.19. The minimum atomic E-state index is -1.12. The first kappa shape index (κ1) is 12.8. The van der Waals surface area contributed by atoms with E-state index in [1.807, 2.05) is 7.05 Å². The summed E-state index contributed by atoms with van der Waals surface area (Å²) >= 11 is 0. The fraction of sp³-hybridized carbons (Fsp3) is 0.462. The molecule has 0 radical (unpaired) electrons. The van der Waals surface area contributed by atoms with Crippen molar-refractivity contribution in [3.63, 3.8) is 0 Å². The number of halogens is 2. The zero-order valence-electron chi connectivity index (χ0n) is 10.1. The Kier molecular flexibility index (Phi) is 3.78. The summed E-state index contributed by atoms with van der Waals surface area (Å²) < 4.78 is 32.0. The number of benzene rings is 1. The predicted octanol–water partition coefficient (Wildman–Crippen LogP) is 2.31. The number of nitriles is 1. The van der Waals surface area contributed by atoms with Crippen LogP contribution in [0.25, 0.3) is 0 Å². The van der Waals surface area contributed by atoms with Gasteiger partial charge in [0.1, 0.15) is 17.9 Å². The average Bonchev–Trinajstić information content (AvgIpc) is 2.36. The Balaban J connectivity index is 2.10. The van der Waals surface area contributed by atoms with Gasteiger partial charge >= 0.3 is 0 Å². The van der Waals surface area contributed by atoms with Crippen LogP contribution < -0.4 is 4.74 Å². The molecule has 1 heterocycles. The fourth-order valence-electron chi connectivity index (χ4n) is 2.01. The molecule has 3 nitrogen and oxygen atoms in total. The Morgan fingerprint density at radius 3 is 2.61 bits per heavy atom. The van der Waals surface area contributed by atoms with Crippen LogP contribution in [0.1, 0.15) is 18.4 Å². The van der Waals surface area contributed by atoms with Crippen molar-refractivity contribution < 1.29 is 13.5 Å². The molecule has 2 rings (SSSR count). The van der Waals surface area contributed by atoms with E-state index in [1.54, 1.807) is 6.07 Å². The van der Waals surface area contributed by atoms with Gasteiger partial charge in [-0.3, -0.25) is 0 Å². The highest BCUT2D eigenvalue weighted by atomic mass is 19.2. The summed E-state index contributed by atoms with van der Waals surface area (Å²) in [5.41, 5.74) is -0.321. The van der Waals surface area contributed by atoms with Crippen LogP contribution in [0.3, 0.4) is 0 Å². The van der Waals surface area contributed by atoms with E-state index in [0.717, 1.165) is 32.0 Å². The smallest absolute Gasteiger partial charge is 0.176 e. The molecule has 5 heteroatoms. The number of nitrogens with zero attached hydrogens (tertiary/aromatic N) is 2. The predicted molar refractivity (Wildman–Crippen MR) is 62.2 cm³/mol. The Bertz CT molecular complexity index is 477. The lowest BCUT2D eigenvalue weighted by molar-refractivity contribution is 0.114. The number of likely N-dealkylation sites (tertiary alicyclic amines) is 1. The average molecular weight is 252 g/mol. The van der Waals surface area contributed by atoms with Gasteiger partial charge in [-0.15, -0.1) is 0 Å². The monoisotopic (exact) mass is 252 g/mol. The number of piperidine rings is 1. The zero-order valence-corrected chi connectivity index (χ0v) is 10.1. The van der Waals surface area contributed by atoms with Crippen molar-refractivity contribution in [3.05, 3.63) is 29.3 Å². The minimum absolute atomic E-state index is 0.00222. The van der Waals surface area contributed by atoms with Gasteiger partial charge in [0.05, 0.1) is 5.56 Å². The zero-order chi connectivity index (χ0) is 13.1. The van der Waals surface area contributed by atoms with E-state index in [0.29, 0.717) is 0 Å². The minimum Gasteiger partial charge on any atom is -0.490 e. The molecule has 1 aromatic carbocycles. The highest BCUT2D eigenvalue weighted by Crippen LogP contribution is 2.23. The van der Waals surface area contributed by atoms with E-state index in [2.05, 4.69) is 4.90 Å². The van der Waals surface area contributed by atoms with Gasteiger partial charge < -0.3 is 9.64 Å². The maximum Gasteiger partial charge on any atom is 0.176 e. The van der Waals surface area contributed by atoms with Crippen molar-refractivity contribution >= 4 is 0 Å². The third-order valence-electron chi connectivity index (χ3n) is 3.09. The molecule has 0 bridgehead atoms. The van der Waals surface area contributed by atoms with Crippen molar-refractivity contribution in [2.24, 2.45) is 0 Å². The quantitative estimate of drug-likeness (QED) is 0.810. The van der Waals surface area contributed by atoms with E-state index < -0.39 is 11.6 Å². The molecular formula is C13H14F2N2O. The molecule has 0 saturated carbocycles. The molecule has 0 N–H and O–H groups in total. The highest BCUT2D eigenvalue weighted by molar-refractivity contribution is 5.38. The molecule has 0 aromatic heterocycles. The summed E-state index contributed by atoms with van der Waals surface area (Å²) in [6.07, 6.45) is 1.69.